The van der Waals surface area contributed by atoms with Crippen LogP contribution in [-0.4, -0.2) is 46.1 Å². The van der Waals surface area contributed by atoms with Crippen molar-refractivity contribution in [2.45, 2.75) is 65.0 Å². The second kappa shape index (κ2) is 8.83. The van der Waals surface area contributed by atoms with E-state index in [1.807, 2.05) is 13.8 Å². The lowest BCUT2D eigenvalue weighted by atomic mass is 9.75. The number of ketones is 1. The van der Waals surface area contributed by atoms with Gasteiger partial charge in [0.15, 0.2) is 5.78 Å². The van der Waals surface area contributed by atoms with Crippen molar-refractivity contribution in [2.24, 2.45) is 16.9 Å². The first-order valence-electron chi connectivity index (χ1n) is 11.4. The maximum absolute atomic E-state index is 15.2. The Kier molecular flexibility index (Phi) is 6.20. The predicted octanol–water partition coefficient (Wildman–Crippen LogP) is 2.41. The maximum Gasteiger partial charge on any atom is 0.320 e. The first kappa shape index (κ1) is 23.9. The smallest absolute Gasteiger partial charge is 0.320 e. The minimum absolute atomic E-state index is 0.0121. The molecule has 1 saturated carbocycles. The zero-order valence-electron chi connectivity index (χ0n) is 19.6. The number of carbonyl (C=O) groups is 3. The second-order valence-corrected chi connectivity index (χ2v) is 9.89. The summed E-state index contributed by atoms with van der Waals surface area (Å²) in [6.45, 7) is 5.53. The minimum Gasteiger partial charge on any atom is -0.459 e. The number of carbonyl (C=O) groups excluding carboxylic acids is 3. The quantitative estimate of drug-likeness (QED) is 0.549. The number of hydrogen-bond donors (Lipinski definition) is 3. The molecule has 1 heterocycles. The van der Waals surface area contributed by atoms with Crippen LogP contribution in [0.4, 0.5) is 10.1 Å². The van der Waals surface area contributed by atoms with Crippen molar-refractivity contribution >= 4 is 23.3 Å². The summed E-state index contributed by atoms with van der Waals surface area (Å²) in [5.74, 6) is -2.24. The first-order chi connectivity index (χ1) is 16.0. The van der Waals surface area contributed by atoms with Gasteiger partial charge in [-0.25, -0.2) is 9.07 Å². The number of nitrogens with two attached hydrogens (primary N) is 2. The van der Waals surface area contributed by atoms with Crippen LogP contribution >= 0.6 is 0 Å². The van der Waals surface area contributed by atoms with E-state index in [9.17, 15) is 14.4 Å². The SMILES string of the molecule is Cc1nn(-c2cc(F)c(C(N)=O)c(NC3CCCC3OC(=O)CN)c2)c2c1C(=O)CC(C)(C)C2. The summed E-state index contributed by atoms with van der Waals surface area (Å²) < 4.78 is 22.2. The van der Waals surface area contributed by atoms with Crippen molar-refractivity contribution in [3.63, 3.8) is 0 Å². The number of benzene rings is 1. The number of hydrogen-bond acceptors (Lipinski definition) is 7. The van der Waals surface area contributed by atoms with Crippen LogP contribution in [0.25, 0.3) is 5.69 Å². The molecule has 9 nitrogen and oxygen atoms in total. The number of Topliss-reactive ketones (excluding diaryl/α,β-unsaturated/α-hetero) is 1. The van der Waals surface area contributed by atoms with Gasteiger partial charge in [-0.15, -0.1) is 0 Å². The fourth-order valence-corrected chi connectivity index (χ4v) is 5.08. The number of ether oxygens (including phenoxy) is 1. The molecule has 182 valence electrons. The highest BCUT2D eigenvalue weighted by Gasteiger charge is 2.36. The molecule has 2 aliphatic rings. The van der Waals surface area contributed by atoms with Crippen LogP contribution in [0.2, 0.25) is 0 Å². The molecular formula is C24H30FN5O4. The number of fused-ring (bicyclic) bond motifs is 1. The molecule has 2 aliphatic carbocycles. The van der Waals surface area contributed by atoms with Crippen molar-refractivity contribution in [3.8, 4) is 5.69 Å². The van der Waals surface area contributed by atoms with E-state index in [1.54, 1.807) is 17.7 Å². The topological polar surface area (TPSA) is 142 Å². The number of aryl methyl sites for hydroxylation is 1. The lowest BCUT2D eigenvalue weighted by molar-refractivity contribution is -0.147. The summed E-state index contributed by atoms with van der Waals surface area (Å²) in [6.07, 6.45) is 2.63. The maximum atomic E-state index is 15.2. The summed E-state index contributed by atoms with van der Waals surface area (Å²) >= 11 is 0. The number of aromatic nitrogens is 2. The van der Waals surface area contributed by atoms with Crippen LogP contribution in [0.5, 0.6) is 0 Å². The molecule has 0 aliphatic heterocycles. The zero-order valence-corrected chi connectivity index (χ0v) is 19.6. The number of amides is 1. The Hall–Kier alpha value is -3.27. The first-order valence-corrected chi connectivity index (χ1v) is 11.4. The molecule has 1 aromatic carbocycles. The lowest BCUT2D eigenvalue weighted by Gasteiger charge is -2.29. The van der Waals surface area contributed by atoms with Crippen molar-refractivity contribution in [3.05, 3.63) is 40.5 Å². The average molecular weight is 472 g/mol. The van der Waals surface area contributed by atoms with Gasteiger partial charge in [-0.05, 0) is 44.1 Å². The van der Waals surface area contributed by atoms with Gasteiger partial charge < -0.3 is 21.5 Å². The van der Waals surface area contributed by atoms with Crippen molar-refractivity contribution in [1.29, 1.82) is 0 Å². The Balaban J connectivity index is 1.76. The Bertz CT molecular complexity index is 1170. The van der Waals surface area contributed by atoms with Crippen LogP contribution in [0.15, 0.2) is 12.1 Å². The van der Waals surface area contributed by atoms with Gasteiger partial charge in [0, 0.05) is 12.5 Å². The van der Waals surface area contributed by atoms with E-state index in [2.05, 4.69) is 10.4 Å². The average Bonchev–Trinajstić information content (AvgIpc) is 3.29. The highest BCUT2D eigenvalue weighted by molar-refractivity contribution is 6.00. The molecule has 0 radical (unpaired) electrons. The number of anilines is 1. The lowest BCUT2D eigenvalue weighted by Crippen LogP contribution is -2.35. The van der Waals surface area contributed by atoms with Crippen LogP contribution in [-0.2, 0) is 16.0 Å². The van der Waals surface area contributed by atoms with E-state index in [0.717, 1.165) is 6.42 Å². The molecule has 0 spiro atoms. The van der Waals surface area contributed by atoms with E-state index in [1.165, 1.54) is 6.07 Å². The third-order valence-electron chi connectivity index (χ3n) is 6.53. The van der Waals surface area contributed by atoms with Gasteiger partial charge in [-0.2, -0.15) is 5.10 Å². The standard InChI is InChI=1S/C24H30FN5O4/c1-12-21-17(9-24(2,3)10-18(21)31)30(29-12)13-7-14(25)22(23(27)33)16(8-13)28-15-5-4-6-19(15)34-20(32)11-26/h7-8,15,19,28H,4-6,9-11,26H2,1-3H3,(H2,27,33). The number of halogens is 1. The van der Waals surface area contributed by atoms with Crippen LogP contribution < -0.4 is 16.8 Å². The summed E-state index contributed by atoms with van der Waals surface area (Å²) in [7, 11) is 0. The van der Waals surface area contributed by atoms with Gasteiger partial charge >= 0.3 is 5.97 Å². The van der Waals surface area contributed by atoms with E-state index in [-0.39, 0.29) is 35.0 Å². The van der Waals surface area contributed by atoms with Crippen LogP contribution in [0.3, 0.4) is 0 Å². The molecule has 0 bridgehead atoms. The van der Waals surface area contributed by atoms with Crippen molar-refractivity contribution in [2.75, 3.05) is 11.9 Å². The van der Waals surface area contributed by atoms with Gasteiger partial charge in [-0.1, -0.05) is 13.8 Å². The van der Waals surface area contributed by atoms with Gasteiger partial charge in [0.2, 0.25) is 0 Å². The number of nitrogens with one attached hydrogen (secondary N) is 1. The normalized spacial score (nSPS) is 21.3. The molecule has 5 N–H and O–H groups in total. The van der Waals surface area contributed by atoms with Gasteiger partial charge in [0.1, 0.15) is 11.9 Å². The van der Waals surface area contributed by atoms with Gasteiger partial charge in [-0.3, -0.25) is 14.4 Å². The third kappa shape index (κ3) is 4.42. The molecule has 10 heteroatoms. The molecule has 4 rings (SSSR count). The Morgan fingerprint density at radius 3 is 2.71 bits per heavy atom. The summed E-state index contributed by atoms with van der Waals surface area (Å²) in [6, 6.07) is 2.46. The molecule has 0 saturated heterocycles. The minimum atomic E-state index is -0.921. The summed E-state index contributed by atoms with van der Waals surface area (Å²) in [5.41, 5.74) is 12.7. The monoisotopic (exact) mass is 471 g/mol. The summed E-state index contributed by atoms with van der Waals surface area (Å²) in [4.78, 5) is 36.6. The van der Waals surface area contributed by atoms with Gasteiger partial charge in [0.25, 0.3) is 5.91 Å². The van der Waals surface area contributed by atoms with E-state index >= 15 is 4.39 Å². The predicted molar refractivity (Wildman–Crippen MR) is 123 cm³/mol. The van der Waals surface area contributed by atoms with Crippen molar-refractivity contribution in [1.82, 2.24) is 9.78 Å². The van der Waals surface area contributed by atoms with Gasteiger partial charge in [0.05, 0.1) is 46.5 Å². The highest BCUT2D eigenvalue weighted by atomic mass is 19.1. The number of primary amides is 1. The largest absolute Gasteiger partial charge is 0.459 e. The zero-order chi connectivity index (χ0) is 24.8. The van der Waals surface area contributed by atoms with Crippen molar-refractivity contribution < 1.29 is 23.5 Å². The van der Waals surface area contributed by atoms with Crippen LogP contribution in [0.1, 0.15) is 71.6 Å². The molecule has 2 unspecified atom stereocenters. The third-order valence-corrected chi connectivity index (χ3v) is 6.53. The molecule has 1 aromatic heterocycles. The molecule has 34 heavy (non-hydrogen) atoms. The summed E-state index contributed by atoms with van der Waals surface area (Å²) in [5, 5.41) is 7.70. The Labute approximate surface area is 197 Å². The molecular weight excluding hydrogens is 441 g/mol. The van der Waals surface area contributed by atoms with E-state index in [0.29, 0.717) is 48.3 Å². The fourth-order valence-electron chi connectivity index (χ4n) is 5.08. The number of esters is 1. The highest BCUT2D eigenvalue weighted by Crippen LogP contribution is 2.38. The fraction of sp³-hybridized carbons (Fsp3) is 0.500. The van der Waals surface area contributed by atoms with Crippen LogP contribution in [0, 0.1) is 18.2 Å². The molecule has 1 amide bonds. The van der Waals surface area contributed by atoms with E-state index < -0.39 is 23.8 Å². The molecule has 2 atom stereocenters. The Morgan fingerprint density at radius 1 is 1.29 bits per heavy atom. The van der Waals surface area contributed by atoms with E-state index in [4.69, 9.17) is 16.2 Å². The molecule has 2 aromatic rings. The Morgan fingerprint density at radius 2 is 2.03 bits per heavy atom. The molecule has 1 fully saturated rings. The second-order valence-electron chi connectivity index (χ2n) is 9.89. The number of rotatable bonds is 6. The number of nitrogens with zero attached hydrogens (tertiary/aromatic N) is 2.